The first kappa shape index (κ1) is 20.8. The molecule has 2 heterocycles. The van der Waals surface area contributed by atoms with Crippen molar-refractivity contribution < 1.29 is 22.4 Å². The Morgan fingerprint density at radius 2 is 1.77 bits per heavy atom. The number of carbonyl (C=O) groups is 1. The zero-order valence-electron chi connectivity index (χ0n) is 16.3. The van der Waals surface area contributed by atoms with Gasteiger partial charge in [-0.05, 0) is 37.2 Å². The highest BCUT2D eigenvalue weighted by atomic mass is 19.3. The molecule has 2 aliphatic rings. The number of pyridine rings is 2. The van der Waals surface area contributed by atoms with E-state index in [1.54, 1.807) is 0 Å². The van der Waals surface area contributed by atoms with Gasteiger partial charge < -0.3 is 10.7 Å². The highest BCUT2D eigenvalue weighted by Crippen LogP contribution is 2.51. The molecule has 2 fully saturated rings. The number of aromatic amines is 1. The largest absolute Gasteiger partial charge is 0.364 e. The van der Waals surface area contributed by atoms with Crippen LogP contribution in [0.2, 0.25) is 0 Å². The standard InChI is InChI=1S/C21H23F4N3O2/c22-20(23)5-1-11(2-6-20)12-3-7-21(24,25)10-13(12)15-9-16(29)17-14(28-15)4-8-27-18(17)19(26)30/h4,8-9,11-13H,1-3,5-7,10H2,(H2,26,30)(H,28,29). The third-order valence-electron chi connectivity index (χ3n) is 6.64. The Bertz CT molecular complexity index is 1030. The van der Waals surface area contributed by atoms with Crippen LogP contribution < -0.4 is 11.2 Å². The number of H-pyrrole nitrogens is 1. The molecule has 1 amide bonds. The fraction of sp³-hybridized carbons (Fsp3) is 0.571. The normalized spacial score (nSPS) is 26.5. The Hall–Kier alpha value is -2.45. The molecule has 2 saturated carbocycles. The van der Waals surface area contributed by atoms with Crippen molar-refractivity contribution in [1.29, 1.82) is 0 Å². The molecule has 0 bridgehead atoms. The summed E-state index contributed by atoms with van der Waals surface area (Å²) in [6.07, 6.45) is 0.905. The Morgan fingerprint density at radius 1 is 1.10 bits per heavy atom. The van der Waals surface area contributed by atoms with Crippen molar-refractivity contribution in [3.8, 4) is 0 Å². The van der Waals surface area contributed by atoms with Crippen molar-refractivity contribution >= 4 is 16.8 Å². The van der Waals surface area contributed by atoms with E-state index in [0.717, 1.165) is 0 Å². The molecule has 0 saturated heterocycles. The fourth-order valence-electron chi connectivity index (χ4n) is 5.16. The molecule has 0 radical (unpaired) electrons. The van der Waals surface area contributed by atoms with E-state index in [1.165, 1.54) is 18.3 Å². The minimum atomic E-state index is -2.89. The molecule has 2 aromatic heterocycles. The van der Waals surface area contributed by atoms with E-state index in [-0.39, 0.29) is 61.4 Å². The molecule has 5 nitrogen and oxygen atoms in total. The van der Waals surface area contributed by atoms with E-state index in [9.17, 15) is 27.2 Å². The zero-order chi connectivity index (χ0) is 21.7. The number of nitrogens with one attached hydrogen (secondary N) is 1. The quantitative estimate of drug-likeness (QED) is 0.716. The Kier molecular flexibility index (Phi) is 5.10. The number of hydrogen-bond acceptors (Lipinski definition) is 3. The van der Waals surface area contributed by atoms with Gasteiger partial charge in [0.2, 0.25) is 11.8 Å². The molecule has 9 heteroatoms. The van der Waals surface area contributed by atoms with Gasteiger partial charge in [0.05, 0.1) is 10.9 Å². The lowest BCUT2D eigenvalue weighted by Crippen LogP contribution is -2.38. The molecule has 30 heavy (non-hydrogen) atoms. The van der Waals surface area contributed by atoms with E-state index in [4.69, 9.17) is 5.73 Å². The summed E-state index contributed by atoms with van der Waals surface area (Å²) >= 11 is 0. The lowest BCUT2D eigenvalue weighted by atomic mass is 9.65. The number of primary amides is 1. The average molecular weight is 425 g/mol. The zero-order valence-corrected chi connectivity index (χ0v) is 16.3. The summed E-state index contributed by atoms with van der Waals surface area (Å²) in [5, 5.41) is 0.0187. The Morgan fingerprint density at radius 3 is 2.43 bits per heavy atom. The maximum atomic E-state index is 14.3. The highest BCUT2D eigenvalue weighted by Gasteiger charge is 2.47. The van der Waals surface area contributed by atoms with Gasteiger partial charge in [0, 0.05) is 49.6 Å². The second kappa shape index (κ2) is 7.35. The topological polar surface area (TPSA) is 88.8 Å². The molecule has 2 atom stereocenters. The third-order valence-corrected chi connectivity index (χ3v) is 6.64. The summed E-state index contributed by atoms with van der Waals surface area (Å²) in [6.45, 7) is 0. The number of halogens is 4. The number of hydrogen-bond donors (Lipinski definition) is 2. The fourth-order valence-corrected chi connectivity index (χ4v) is 5.16. The van der Waals surface area contributed by atoms with Crippen LogP contribution in [0.1, 0.15) is 67.0 Å². The SMILES string of the molecule is NC(=O)c1nccc2[nH]c(C3CC(F)(F)CCC3C3CCC(F)(F)CC3)cc(=O)c12. The van der Waals surface area contributed by atoms with Crippen LogP contribution >= 0.6 is 0 Å². The van der Waals surface area contributed by atoms with Gasteiger partial charge >= 0.3 is 0 Å². The smallest absolute Gasteiger partial charge is 0.268 e. The van der Waals surface area contributed by atoms with Crippen LogP contribution in [-0.2, 0) is 0 Å². The minimum absolute atomic E-state index is 0.0187. The van der Waals surface area contributed by atoms with Gasteiger partial charge in [0.1, 0.15) is 5.69 Å². The van der Waals surface area contributed by atoms with Gasteiger partial charge in [-0.1, -0.05) is 0 Å². The summed E-state index contributed by atoms with van der Waals surface area (Å²) in [6, 6.07) is 2.72. The number of nitrogens with zero attached hydrogens (tertiary/aromatic N) is 1. The third kappa shape index (κ3) is 3.94. The van der Waals surface area contributed by atoms with Gasteiger partial charge in [0.15, 0.2) is 5.43 Å². The van der Waals surface area contributed by atoms with Crippen molar-refractivity contribution in [1.82, 2.24) is 9.97 Å². The van der Waals surface area contributed by atoms with Gasteiger partial charge in [-0.3, -0.25) is 14.6 Å². The van der Waals surface area contributed by atoms with Crippen molar-refractivity contribution in [2.45, 2.75) is 62.7 Å². The number of alkyl halides is 4. The molecule has 2 aliphatic carbocycles. The van der Waals surface area contributed by atoms with Gasteiger partial charge in [0.25, 0.3) is 5.91 Å². The van der Waals surface area contributed by atoms with E-state index in [1.807, 2.05) is 0 Å². The van der Waals surface area contributed by atoms with Crippen LogP contribution in [0.5, 0.6) is 0 Å². The van der Waals surface area contributed by atoms with Crippen molar-refractivity contribution in [2.75, 3.05) is 0 Å². The lowest BCUT2D eigenvalue weighted by Gasteiger charge is -2.42. The summed E-state index contributed by atoms with van der Waals surface area (Å²) in [5.74, 6) is -7.41. The van der Waals surface area contributed by atoms with Gasteiger partial charge in [-0.25, -0.2) is 17.6 Å². The average Bonchev–Trinajstić information content (AvgIpc) is 2.67. The monoisotopic (exact) mass is 425 g/mol. The Balaban J connectivity index is 1.74. The van der Waals surface area contributed by atoms with Crippen LogP contribution in [0.15, 0.2) is 23.1 Å². The second-order valence-corrected chi connectivity index (χ2v) is 8.60. The van der Waals surface area contributed by atoms with E-state index < -0.39 is 35.5 Å². The number of nitrogens with two attached hydrogens (primary N) is 1. The summed E-state index contributed by atoms with van der Waals surface area (Å²) < 4.78 is 55.8. The predicted molar refractivity (Wildman–Crippen MR) is 103 cm³/mol. The van der Waals surface area contributed by atoms with Crippen LogP contribution in [0.25, 0.3) is 10.9 Å². The number of rotatable bonds is 3. The summed E-state index contributed by atoms with van der Waals surface area (Å²) in [5.41, 5.74) is 5.23. The van der Waals surface area contributed by atoms with Crippen LogP contribution in [0.3, 0.4) is 0 Å². The van der Waals surface area contributed by atoms with E-state index >= 15 is 0 Å². The van der Waals surface area contributed by atoms with Gasteiger partial charge in [-0.2, -0.15) is 0 Å². The first-order valence-corrected chi connectivity index (χ1v) is 10.1. The molecular weight excluding hydrogens is 402 g/mol. The van der Waals surface area contributed by atoms with Crippen molar-refractivity contribution in [3.63, 3.8) is 0 Å². The van der Waals surface area contributed by atoms with Crippen molar-refractivity contribution in [2.24, 2.45) is 17.6 Å². The number of amides is 1. The molecule has 2 unspecified atom stereocenters. The summed E-state index contributed by atoms with van der Waals surface area (Å²) in [7, 11) is 0. The number of aromatic nitrogens is 2. The van der Waals surface area contributed by atoms with E-state index in [0.29, 0.717) is 11.2 Å². The van der Waals surface area contributed by atoms with Crippen molar-refractivity contribution in [3.05, 3.63) is 39.9 Å². The summed E-state index contributed by atoms with van der Waals surface area (Å²) in [4.78, 5) is 31.2. The van der Waals surface area contributed by atoms with Crippen LogP contribution in [0, 0.1) is 11.8 Å². The second-order valence-electron chi connectivity index (χ2n) is 8.60. The molecular formula is C21H23F4N3O2. The highest BCUT2D eigenvalue weighted by molar-refractivity contribution is 6.03. The predicted octanol–water partition coefficient (Wildman–Crippen LogP) is 4.37. The van der Waals surface area contributed by atoms with Gasteiger partial charge in [-0.15, -0.1) is 0 Å². The van der Waals surface area contributed by atoms with Crippen LogP contribution in [0.4, 0.5) is 17.6 Å². The van der Waals surface area contributed by atoms with Crippen LogP contribution in [-0.4, -0.2) is 27.7 Å². The first-order valence-electron chi connectivity index (χ1n) is 10.1. The number of carbonyl (C=O) groups excluding carboxylic acids is 1. The minimum Gasteiger partial charge on any atom is -0.364 e. The maximum absolute atomic E-state index is 14.3. The maximum Gasteiger partial charge on any atom is 0.268 e. The number of fused-ring (bicyclic) bond motifs is 1. The molecule has 162 valence electrons. The molecule has 3 N–H and O–H groups in total. The van der Waals surface area contributed by atoms with E-state index in [2.05, 4.69) is 9.97 Å². The molecule has 0 spiro atoms. The Labute approximate surface area is 170 Å². The molecule has 4 rings (SSSR count). The first-order chi connectivity index (χ1) is 14.1. The lowest BCUT2D eigenvalue weighted by molar-refractivity contribution is -0.0840. The molecule has 0 aliphatic heterocycles. The molecule has 0 aromatic carbocycles. The molecule has 2 aromatic rings.